The summed E-state index contributed by atoms with van der Waals surface area (Å²) < 4.78 is 0. The van der Waals surface area contributed by atoms with Crippen LogP contribution in [0, 0.1) is 0 Å². The molecule has 0 fully saturated rings. The highest BCUT2D eigenvalue weighted by molar-refractivity contribution is 5.76. The van der Waals surface area contributed by atoms with Crippen molar-refractivity contribution in [1.29, 1.82) is 0 Å². The van der Waals surface area contributed by atoms with Gasteiger partial charge in [0.25, 0.3) is 0 Å². The third-order valence-corrected chi connectivity index (χ3v) is 8.42. The maximum absolute atomic E-state index is 12.3. The molecule has 0 bridgehead atoms. The Balaban J connectivity index is 3.66. The van der Waals surface area contributed by atoms with Gasteiger partial charge < -0.3 is 20.6 Å². The zero-order chi connectivity index (χ0) is 29.5. The van der Waals surface area contributed by atoms with Crippen molar-refractivity contribution < 1.29 is 20.1 Å². The number of carbonyl (C=O) groups is 1. The van der Waals surface area contributed by atoms with Gasteiger partial charge in [-0.15, -0.1) is 0 Å². The van der Waals surface area contributed by atoms with Crippen LogP contribution in [0.4, 0.5) is 0 Å². The fourth-order valence-electron chi connectivity index (χ4n) is 5.64. The maximum Gasteiger partial charge on any atom is 0.222 e. The highest BCUT2D eigenvalue weighted by Crippen LogP contribution is 2.16. The molecule has 0 aliphatic carbocycles. The Labute approximate surface area is 249 Å². The second-order valence-corrected chi connectivity index (χ2v) is 12.5. The van der Waals surface area contributed by atoms with Gasteiger partial charge in [-0.25, -0.2) is 0 Å². The van der Waals surface area contributed by atoms with E-state index in [0.717, 1.165) is 25.7 Å². The molecule has 0 spiro atoms. The normalized spacial score (nSPS) is 13.8. The summed E-state index contributed by atoms with van der Waals surface area (Å²) in [7, 11) is 0. The number of hydrogen-bond acceptors (Lipinski definition) is 4. The fourth-order valence-corrected chi connectivity index (χ4v) is 5.64. The summed E-state index contributed by atoms with van der Waals surface area (Å²) in [5, 5.41) is 33.1. The van der Waals surface area contributed by atoms with Crippen LogP contribution >= 0.6 is 0 Å². The van der Waals surface area contributed by atoms with Crippen LogP contribution in [-0.2, 0) is 4.79 Å². The van der Waals surface area contributed by atoms with Gasteiger partial charge in [0.15, 0.2) is 0 Å². The molecule has 4 N–H and O–H groups in total. The molecule has 0 saturated carbocycles. The Kier molecular flexibility index (Phi) is 30.8. The first-order valence-corrected chi connectivity index (χ1v) is 17.8. The van der Waals surface area contributed by atoms with Crippen LogP contribution in [0.5, 0.6) is 0 Å². The van der Waals surface area contributed by atoms with Gasteiger partial charge in [0.05, 0.1) is 31.3 Å². The predicted octanol–water partition coefficient (Wildman–Crippen LogP) is 9.15. The molecule has 3 unspecified atom stereocenters. The van der Waals surface area contributed by atoms with Crippen molar-refractivity contribution in [2.24, 2.45) is 0 Å². The Morgan fingerprint density at radius 1 is 0.525 bits per heavy atom. The van der Waals surface area contributed by atoms with Gasteiger partial charge in [0.2, 0.25) is 5.91 Å². The molecule has 5 nitrogen and oxygen atoms in total. The van der Waals surface area contributed by atoms with E-state index in [2.05, 4.69) is 19.2 Å². The molecule has 0 saturated heterocycles. The third kappa shape index (κ3) is 27.5. The average Bonchev–Trinajstić information content (AvgIpc) is 2.94. The number of unbranched alkanes of at least 4 members (excludes halogenated alkanes) is 23. The van der Waals surface area contributed by atoms with Crippen molar-refractivity contribution in [3.05, 3.63) is 0 Å². The van der Waals surface area contributed by atoms with Gasteiger partial charge in [0.1, 0.15) is 0 Å². The van der Waals surface area contributed by atoms with Gasteiger partial charge in [-0.2, -0.15) is 0 Å². The predicted molar refractivity (Wildman–Crippen MR) is 172 cm³/mol. The van der Waals surface area contributed by atoms with E-state index in [1.54, 1.807) is 0 Å². The van der Waals surface area contributed by atoms with Gasteiger partial charge in [-0.3, -0.25) is 4.79 Å². The number of carbonyl (C=O) groups excluding carboxylic acids is 1. The SMILES string of the molecule is CCCCCCCCCCCCCCCCC(O)CC(=O)NC(CO)C(O)CCCCCCCCCCCCC. The second-order valence-electron chi connectivity index (χ2n) is 12.5. The molecule has 240 valence electrons. The summed E-state index contributed by atoms with van der Waals surface area (Å²) >= 11 is 0. The number of rotatable bonds is 32. The van der Waals surface area contributed by atoms with Crippen molar-refractivity contribution in [3.8, 4) is 0 Å². The molecule has 5 heteroatoms. The molecule has 3 atom stereocenters. The van der Waals surface area contributed by atoms with Gasteiger partial charge in [-0.1, -0.05) is 174 Å². The monoisotopic (exact) mass is 570 g/mol. The van der Waals surface area contributed by atoms with Crippen molar-refractivity contribution in [3.63, 3.8) is 0 Å². The lowest BCUT2D eigenvalue weighted by atomic mass is 10.0. The highest BCUT2D eigenvalue weighted by Gasteiger charge is 2.21. The van der Waals surface area contributed by atoms with E-state index in [1.807, 2.05) is 0 Å². The Morgan fingerprint density at radius 2 is 0.850 bits per heavy atom. The van der Waals surface area contributed by atoms with Crippen LogP contribution in [0.3, 0.4) is 0 Å². The average molecular weight is 570 g/mol. The molecule has 0 aliphatic heterocycles. The summed E-state index contributed by atoms with van der Waals surface area (Å²) in [6.07, 6.45) is 31.9. The van der Waals surface area contributed by atoms with Crippen molar-refractivity contribution in [1.82, 2.24) is 5.32 Å². The lowest BCUT2D eigenvalue weighted by molar-refractivity contribution is -0.125. The van der Waals surface area contributed by atoms with Crippen LogP contribution in [0.25, 0.3) is 0 Å². The van der Waals surface area contributed by atoms with Gasteiger partial charge in [-0.05, 0) is 12.8 Å². The summed E-state index contributed by atoms with van der Waals surface area (Å²) in [6, 6.07) is -0.649. The standard InChI is InChI=1S/C35H71NO4/c1-3-5-7-9-11-13-15-16-17-19-20-22-24-26-28-32(38)30-35(40)36-33(31-37)34(39)29-27-25-23-21-18-14-12-10-8-6-4-2/h32-34,37-39H,3-31H2,1-2H3,(H,36,40). The zero-order valence-electron chi connectivity index (χ0n) is 27.0. The molecule has 0 radical (unpaired) electrons. The minimum atomic E-state index is -0.740. The number of nitrogens with one attached hydrogen (secondary N) is 1. The molecule has 40 heavy (non-hydrogen) atoms. The van der Waals surface area contributed by atoms with E-state index >= 15 is 0 Å². The summed E-state index contributed by atoms with van der Waals surface area (Å²) in [6.45, 7) is 4.24. The van der Waals surface area contributed by atoms with E-state index in [9.17, 15) is 20.1 Å². The first-order valence-electron chi connectivity index (χ1n) is 17.8. The largest absolute Gasteiger partial charge is 0.394 e. The Morgan fingerprint density at radius 3 is 1.20 bits per heavy atom. The zero-order valence-corrected chi connectivity index (χ0v) is 27.0. The fraction of sp³-hybridized carbons (Fsp3) is 0.971. The molecule has 0 rings (SSSR count). The minimum absolute atomic E-state index is 0.0418. The van der Waals surface area contributed by atoms with Crippen LogP contribution in [0.2, 0.25) is 0 Å². The van der Waals surface area contributed by atoms with E-state index < -0.39 is 18.2 Å². The molecule has 0 aromatic rings. The molecule has 0 aliphatic rings. The second kappa shape index (κ2) is 31.3. The van der Waals surface area contributed by atoms with Crippen LogP contribution in [0.1, 0.15) is 194 Å². The number of amides is 1. The van der Waals surface area contributed by atoms with E-state index in [1.165, 1.54) is 135 Å². The number of hydrogen-bond donors (Lipinski definition) is 4. The van der Waals surface area contributed by atoms with E-state index in [4.69, 9.17) is 0 Å². The first-order chi connectivity index (χ1) is 19.5. The van der Waals surface area contributed by atoms with Gasteiger partial charge in [0, 0.05) is 0 Å². The van der Waals surface area contributed by atoms with Crippen molar-refractivity contribution in [2.75, 3.05) is 6.61 Å². The van der Waals surface area contributed by atoms with Crippen molar-refractivity contribution >= 4 is 5.91 Å². The minimum Gasteiger partial charge on any atom is -0.394 e. The van der Waals surface area contributed by atoms with Crippen LogP contribution < -0.4 is 5.32 Å². The first kappa shape index (κ1) is 39.4. The Hall–Kier alpha value is -0.650. The van der Waals surface area contributed by atoms with Crippen LogP contribution in [-0.4, -0.2) is 46.1 Å². The summed E-state index contributed by atoms with van der Waals surface area (Å²) in [5.41, 5.74) is 0. The molecule has 0 heterocycles. The maximum atomic E-state index is 12.3. The Bertz CT molecular complexity index is 516. The molecular weight excluding hydrogens is 498 g/mol. The topological polar surface area (TPSA) is 89.8 Å². The molecular formula is C35H71NO4. The molecule has 1 amide bonds. The van der Waals surface area contributed by atoms with E-state index in [-0.39, 0.29) is 18.9 Å². The molecule has 0 aromatic carbocycles. The number of aliphatic hydroxyl groups is 3. The lowest BCUT2D eigenvalue weighted by Crippen LogP contribution is -2.46. The molecule has 0 aromatic heterocycles. The summed E-state index contributed by atoms with van der Waals surface area (Å²) in [4.78, 5) is 12.3. The highest BCUT2D eigenvalue weighted by atomic mass is 16.3. The lowest BCUT2D eigenvalue weighted by Gasteiger charge is -2.23. The van der Waals surface area contributed by atoms with Crippen molar-refractivity contribution in [2.45, 2.75) is 212 Å². The third-order valence-electron chi connectivity index (χ3n) is 8.42. The smallest absolute Gasteiger partial charge is 0.222 e. The number of aliphatic hydroxyl groups excluding tert-OH is 3. The van der Waals surface area contributed by atoms with Crippen LogP contribution in [0.15, 0.2) is 0 Å². The van der Waals surface area contributed by atoms with E-state index in [0.29, 0.717) is 12.8 Å². The van der Waals surface area contributed by atoms with Gasteiger partial charge >= 0.3 is 0 Å². The summed E-state index contributed by atoms with van der Waals surface area (Å²) in [5.74, 6) is -0.282. The quantitative estimate of drug-likeness (QED) is 0.0608.